The molecule has 19 heavy (non-hydrogen) atoms. The van der Waals surface area contributed by atoms with Gasteiger partial charge in [-0.25, -0.2) is 23.1 Å². The van der Waals surface area contributed by atoms with Crippen LogP contribution in [0.25, 0.3) is 0 Å². The standard InChI is InChI=1S/C11H14N4O2S2/c1-8-15-9(7-18-8)4-6-14-19(16,17)11-10(12)3-2-5-13-11/h2-3,5,7,14H,4,6,12H2,1H3. The molecule has 6 nitrogen and oxygen atoms in total. The lowest BCUT2D eigenvalue weighted by Gasteiger charge is -2.06. The summed E-state index contributed by atoms with van der Waals surface area (Å²) in [6.45, 7) is 2.18. The zero-order valence-electron chi connectivity index (χ0n) is 10.3. The van der Waals surface area contributed by atoms with E-state index in [1.54, 1.807) is 17.4 Å². The van der Waals surface area contributed by atoms with Gasteiger partial charge in [0.2, 0.25) is 0 Å². The van der Waals surface area contributed by atoms with E-state index in [1.165, 1.54) is 12.3 Å². The fraction of sp³-hybridized carbons (Fsp3) is 0.273. The van der Waals surface area contributed by atoms with E-state index in [0.717, 1.165) is 10.7 Å². The number of aromatic nitrogens is 2. The van der Waals surface area contributed by atoms with E-state index in [1.807, 2.05) is 12.3 Å². The SMILES string of the molecule is Cc1nc(CCNS(=O)(=O)c2ncccc2N)cs1. The van der Waals surface area contributed by atoms with Crippen LogP contribution in [0, 0.1) is 6.92 Å². The van der Waals surface area contributed by atoms with Crippen LogP contribution < -0.4 is 10.5 Å². The average Bonchev–Trinajstić information content (AvgIpc) is 2.75. The second-order valence-electron chi connectivity index (χ2n) is 3.90. The number of nitrogens with zero attached hydrogens (tertiary/aromatic N) is 2. The molecule has 0 aromatic carbocycles. The number of thiazole rings is 1. The summed E-state index contributed by atoms with van der Waals surface area (Å²) < 4.78 is 26.4. The molecule has 0 fully saturated rings. The predicted octanol–water partition coefficient (Wildman–Crippen LogP) is 0.950. The van der Waals surface area contributed by atoms with Gasteiger partial charge in [-0.05, 0) is 19.1 Å². The number of pyridine rings is 1. The zero-order valence-corrected chi connectivity index (χ0v) is 12.0. The van der Waals surface area contributed by atoms with Gasteiger partial charge in [-0.1, -0.05) is 0 Å². The fourth-order valence-electron chi connectivity index (χ4n) is 1.53. The third kappa shape index (κ3) is 3.49. The average molecular weight is 298 g/mol. The Kier molecular flexibility index (Phi) is 4.13. The van der Waals surface area contributed by atoms with E-state index in [9.17, 15) is 8.42 Å². The second kappa shape index (κ2) is 5.64. The van der Waals surface area contributed by atoms with E-state index in [4.69, 9.17) is 5.73 Å². The maximum atomic E-state index is 12.0. The summed E-state index contributed by atoms with van der Waals surface area (Å²) in [6.07, 6.45) is 1.94. The number of hydrogen-bond donors (Lipinski definition) is 2. The molecule has 2 aromatic rings. The van der Waals surface area contributed by atoms with Crippen LogP contribution in [0.3, 0.4) is 0 Å². The first-order valence-corrected chi connectivity index (χ1v) is 7.96. The fourth-order valence-corrected chi connectivity index (χ4v) is 3.27. The minimum Gasteiger partial charge on any atom is -0.396 e. The Hall–Kier alpha value is -1.51. The minimum atomic E-state index is -3.66. The highest BCUT2D eigenvalue weighted by Gasteiger charge is 2.18. The monoisotopic (exact) mass is 298 g/mol. The van der Waals surface area contributed by atoms with E-state index in [2.05, 4.69) is 14.7 Å². The Morgan fingerprint density at radius 1 is 1.47 bits per heavy atom. The van der Waals surface area contributed by atoms with E-state index < -0.39 is 10.0 Å². The molecule has 0 spiro atoms. The second-order valence-corrected chi connectivity index (χ2v) is 6.65. The molecular weight excluding hydrogens is 284 g/mol. The molecule has 0 radical (unpaired) electrons. The van der Waals surface area contributed by atoms with Gasteiger partial charge in [-0.15, -0.1) is 11.3 Å². The molecule has 3 N–H and O–H groups in total. The molecular formula is C11H14N4O2S2. The molecule has 0 amide bonds. The lowest BCUT2D eigenvalue weighted by molar-refractivity contribution is 0.578. The lowest BCUT2D eigenvalue weighted by atomic mass is 10.3. The number of aryl methyl sites for hydroxylation is 1. The number of nitrogens with two attached hydrogens (primary N) is 1. The largest absolute Gasteiger partial charge is 0.396 e. The number of hydrogen-bond acceptors (Lipinski definition) is 6. The molecule has 0 aliphatic heterocycles. The first-order valence-electron chi connectivity index (χ1n) is 5.60. The third-order valence-corrected chi connectivity index (χ3v) is 4.65. The van der Waals surface area contributed by atoms with Crippen LogP contribution in [0.15, 0.2) is 28.7 Å². The molecule has 8 heteroatoms. The number of nitrogens with one attached hydrogen (secondary N) is 1. The topological polar surface area (TPSA) is 98.0 Å². The van der Waals surface area contributed by atoms with E-state index >= 15 is 0 Å². The van der Waals surface area contributed by atoms with Gasteiger partial charge in [0.1, 0.15) is 0 Å². The molecule has 0 saturated carbocycles. The Bertz CT molecular complexity index is 667. The van der Waals surface area contributed by atoms with Crippen molar-refractivity contribution in [3.8, 4) is 0 Å². The summed E-state index contributed by atoms with van der Waals surface area (Å²) in [7, 11) is -3.66. The Morgan fingerprint density at radius 3 is 2.89 bits per heavy atom. The van der Waals surface area contributed by atoms with Crippen molar-refractivity contribution in [2.24, 2.45) is 0 Å². The van der Waals surface area contributed by atoms with Crippen molar-refractivity contribution in [3.05, 3.63) is 34.4 Å². The summed E-state index contributed by atoms with van der Waals surface area (Å²) in [5.41, 5.74) is 6.61. The summed E-state index contributed by atoms with van der Waals surface area (Å²) in [5, 5.41) is 2.75. The van der Waals surface area contributed by atoms with Gasteiger partial charge < -0.3 is 5.73 Å². The molecule has 0 saturated heterocycles. The number of nitrogen functional groups attached to an aromatic ring is 1. The van der Waals surface area contributed by atoms with Gasteiger partial charge in [-0.2, -0.15) is 0 Å². The van der Waals surface area contributed by atoms with Gasteiger partial charge in [0.15, 0.2) is 5.03 Å². The van der Waals surface area contributed by atoms with Crippen LogP contribution in [-0.2, 0) is 16.4 Å². The summed E-state index contributed by atoms with van der Waals surface area (Å²) in [6, 6.07) is 3.10. The highest BCUT2D eigenvalue weighted by atomic mass is 32.2. The molecule has 0 atom stereocenters. The first kappa shape index (κ1) is 13.9. The molecule has 2 heterocycles. The molecule has 102 valence electrons. The van der Waals surface area contributed by atoms with Crippen LogP contribution in [0.4, 0.5) is 5.69 Å². The minimum absolute atomic E-state index is 0.135. The summed E-state index contributed by atoms with van der Waals surface area (Å²) in [4.78, 5) is 8.05. The number of anilines is 1. The number of rotatable bonds is 5. The van der Waals surface area contributed by atoms with Crippen LogP contribution in [0.1, 0.15) is 10.7 Å². The van der Waals surface area contributed by atoms with E-state index in [-0.39, 0.29) is 17.3 Å². The molecule has 2 aromatic heterocycles. The van der Waals surface area contributed by atoms with Crippen LogP contribution in [-0.4, -0.2) is 24.9 Å². The van der Waals surface area contributed by atoms with Crippen LogP contribution in [0.2, 0.25) is 0 Å². The Labute approximate surface area is 115 Å². The van der Waals surface area contributed by atoms with Gasteiger partial charge in [-0.3, -0.25) is 0 Å². The van der Waals surface area contributed by atoms with Gasteiger partial charge in [0, 0.05) is 24.5 Å². The molecule has 0 aliphatic carbocycles. The molecule has 2 rings (SSSR count). The first-order chi connectivity index (χ1) is 8.99. The zero-order chi connectivity index (χ0) is 13.9. The highest BCUT2D eigenvalue weighted by molar-refractivity contribution is 7.89. The van der Waals surface area contributed by atoms with Crippen LogP contribution >= 0.6 is 11.3 Å². The summed E-state index contributed by atoms with van der Waals surface area (Å²) in [5.74, 6) is 0. The maximum absolute atomic E-state index is 12.0. The molecule has 0 aliphatic rings. The van der Waals surface area contributed by atoms with Crippen molar-refractivity contribution in [2.45, 2.75) is 18.4 Å². The predicted molar refractivity (Wildman–Crippen MR) is 74.4 cm³/mol. The van der Waals surface area contributed by atoms with Gasteiger partial charge >= 0.3 is 0 Å². The molecule has 0 unspecified atom stereocenters. The third-order valence-electron chi connectivity index (χ3n) is 2.39. The lowest BCUT2D eigenvalue weighted by Crippen LogP contribution is -2.27. The normalized spacial score (nSPS) is 11.6. The molecule has 0 bridgehead atoms. The van der Waals surface area contributed by atoms with Crippen molar-refractivity contribution in [3.63, 3.8) is 0 Å². The van der Waals surface area contributed by atoms with Crippen molar-refractivity contribution >= 4 is 27.0 Å². The van der Waals surface area contributed by atoms with Gasteiger partial charge in [0.05, 0.1) is 16.4 Å². The van der Waals surface area contributed by atoms with E-state index in [0.29, 0.717) is 6.42 Å². The van der Waals surface area contributed by atoms with Crippen molar-refractivity contribution in [1.82, 2.24) is 14.7 Å². The highest BCUT2D eigenvalue weighted by Crippen LogP contribution is 2.13. The van der Waals surface area contributed by atoms with Crippen LogP contribution in [0.5, 0.6) is 0 Å². The van der Waals surface area contributed by atoms with Crippen molar-refractivity contribution in [1.29, 1.82) is 0 Å². The van der Waals surface area contributed by atoms with Crippen molar-refractivity contribution < 1.29 is 8.42 Å². The van der Waals surface area contributed by atoms with Crippen molar-refractivity contribution in [2.75, 3.05) is 12.3 Å². The number of sulfonamides is 1. The Morgan fingerprint density at radius 2 is 2.26 bits per heavy atom. The summed E-state index contributed by atoms with van der Waals surface area (Å²) >= 11 is 1.54. The Balaban J connectivity index is 2.01. The quantitative estimate of drug-likeness (QED) is 0.856. The maximum Gasteiger partial charge on any atom is 0.260 e. The smallest absolute Gasteiger partial charge is 0.260 e. The van der Waals surface area contributed by atoms with Gasteiger partial charge in [0.25, 0.3) is 10.0 Å².